The van der Waals surface area contributed by atoms with Crippen molar-refractivity contribution in [1.29, 1.82) is 0 Å². The Morgan fingerprint density at radius 1 is 1.47 bits per heavy atom. The summed E-state index contributed by atoms with van der Waals surface area (Å²) in [6.45, 7) is 4.08. The summed E-state index contributed by atoms with van der Waals surface area (Å²) in [5, 5.41) is 12.4. The molecule has 0 heterocycles. The van der Waals surface area contributed by atoms with Gasteiger partial charge in [0, 0.05) is 11.6 Å². The van der Waals surface area contributed by atoms with E-state index >= 15 is 0 Å². The van der Waals surface area contributed by atoms with E-state index in [9.17, 15) is 4.79 Å². The number of benzene rings is 1. The lowest BCUT2D eigenvalue weighted by atomic mass is 9.94. The quantitative estimate of drug-likeness (QED) is 0.855. The van der Waals surface area contributed by atoms with Crippen LogP contribution in [0.15, 0.2) is 12.1 Å². The van der Waals surface area contributed by atoms with E-state index in [1.165, 1.54) is 0 Å². The fourth-order valence-corrected chi connectivity index (χ4v) is 2.95. The van der Waals surface area contributed by atoms with Crippen LogP contribution in [0.5, 0.6) is 5.75 Å². The van der Waals surface area contributed by atoms with Gasteiger partial charge in [0.15, 0.2) is 0 Å². The fraction of sp³-hybridized carbons (Fsp3) is 0.533. The molecular formula is C15H21NO3. The van der Waals surface area contributed by atoms with Gasteiger partial charge in [-0.1, -0.05) is 6.07 Å². The van der Waals surface area contributed by atoms with Crippen molar-refractivity contribution in [3.05, 3.63) is 28.8 Å². The standard InChI is InChI=1S/C15H21NO3/c1-8-5-9(2)13(12(6-8)19-4)14(16-3)10-7-11(10)15(17)18/h5-6,10-11,14,16H,7H2,1-4H3,(H,17,18). The third kappa shape index (κ3) is 2.59. The minimum absolute atomic E-state index is 0.0386. The average molecular weight is 263 g/mol. The Morgan fingerprint density at radius 3 is 2.63 bits per heavy atom. The van der Waals surface area contributed by atoms with Crippen molar-refractivity contribution < 1.29 is 14.6 Å². The van der Waals surface area contributed by atoms with Gasteiger partial charge in [0.1, 0.15) is 5.75 Å². The van der Waals surface area contributed by atoms with Crippen molar-refractivity contribution >= 4 is 5.97 Å². The zero-order valence-electron chi connectivity index (χ0n) is 11.9. The van der Waals surface area contributed by atoms with E-state index in [-0.39, 0.29) is 17.9 Å². The molecule has 3 atom stereocenters. The van der Waals surface area contributed by atoms with Crippen molar-refractivity contribution in [2.75, 3.05) is 14.2 Å². The maximum absolute atomic E-state index is 11.1. The lowest BCUT2D eigenvalue weighted by molar-refractivity contribution is -0.138. The number of rotatable bonds is 5. The summed E-state index contributed by atoms with van der Waals surface area (Å²) in [4.78, 5) is 11.1. The van der Waals surface area contributed by atoms with E-state index in [2.05, 4.69) is 11.4 Å². The van der Waals surface area contributed by atoms with Gasteiger partial charge in [-0.3, -0.25) is 4.79 Å². The highest BCUT2D eigenvalue weighted by Gasteiger charge is 2.48. The van der Waals surface area contributed by atoms with Crippen molar-refractivity contribution in [1.82, 2.24) is 5.32 Å². The SMILES string of the molecule is CNC(c1c(C)cc(C)cc1OC)C1CC1C(=O)O. The van der Waals surface area contributed by atoms with Crippen LogP contribution in [-0.2, 0) is 4.79 Å². The summed E-state index contributed by atoms with van der Waals surface area (Å²) in [5.74, 6) is 0.0579. The van der Waals surface area contributed by atoms with Crippen LogP contribution in [0.2, 0.25) is 0 Å². The molecule has 19 heavy (non-hydrogen) atoms. The Morgan fingerprint density at radius 2 is 2.16 bits per heavy atom. The highest BCUT2D eigenvalue weighted by Crippen LogP contribution is 2.49. The molecule has 4 heteroatoms. The number of hydrogen-bond donors (Lipinski definition) is 2. The summed E-state index contributed by atoms with van der Waals surface area (Å²) in [6, 6.07) is 4.15. The lowest BCUT2D eigenvalue weighted by Crippen LogP contribution is -2.22. The monoisotopic (exact) mass is 263 g/mol. The number of nitrogens with one attached hydrogen (secondary N) is 1. The fourth-order valence-electron chi connectivity index (χ4n) is 2.95. The second kappa shape index (κ2) is 5.21. The Balaban J connectivity index is 2.36. The number of ether oxygens (including phenoxy) is 1. The number of carboxylic acids is 1. The first-order valence-corrected chi connectivity index (χ1v) is 6.54. The van der Waals surface area contributed by atoms with E-state index in [1.807, 2.05) is 27.0 Å². The number of carbonyl (C=O) groups is 1. The van der Waals surface area contributed by atoms with E-state index in [4.69, 9.17) is 9.84 Å². The van der Waals surface area contributed by atoms with Crippen LogP contribution in [0.1, 0.15) is 29.2 Å². The molecule has 1 fully saturated rings. The highest BCUT2D eigenvalue weighted by molar-refractivity contribution is 5.73. The van der Waals surface area contributed by atoms with Crippen molar-refractivity contribution in [2.24, 2.45) is 11.8 Å². The molecule has 1 aliphatic rings. The molecule has 4 nitrogen and oxygen atoms in total. The molecule has 104 valence electrons. The molecule has 0 amide bonds. The Labute approximate surface area is 113 Å². The topological polar surface area (TPSA) is 58.6 Å². The van der Waals surface area contributed by atoms with Gasteiger partial charge in [-0.25, -0.2) is 0 Å². The van der Waals surface area contributed by atoms with Gasteiger partial charge in [-0.15, -0.1) is 0 Å². The zero-order valence-corrected chi connectivity index (χ0v) is 11.9. The summed E-state index contributed by atoms with van der Waals surface area (Å²) in [6.07, 6.45) is 0.733. The number of hydrogen-bond acceptors (Lipinski definition) is 3. The lowest BCUT2D eigenvalue weighted by Gasteiger charge is -2.22. The first kappa shape index (κ1) is 13.9. The molecule has 2 N–H and O–H groups in total. The van der Waals surface area contributed by atoms with Crippen LogP contribution in [0.25, 0.3) is 0 Å². The van der Waals surface area contributed by atoms with Crippen LogP contribution >= 0.6 is 0 Å². The molecular weight excluding hydrogens is 242 g/mol. The first-order valence-electron chi connectivity index (χ1n) is 6.54. The molecule has 0 aliphatic heterocycles. The maximum atomic E-state index is 11.1. The second-order valence-electron chi connectivity index (χ2n) is 5.31. The first-order chi connectivity index (χ1) is 8.99. The van der Waals surface area contributed by atoms with E-state index in [1.54, 1.807) is 7.11 Å². The van der Waals surface area contributed by atoms with Crippen LogP contribution in [0.3, 0.4) is 0 Å². The van der Waals surface area contributed by atoms with Gasteiger partial charge in [-0.2, -0.15) is 0 Å². The average Bonchev–Trinajstić information content (AvgIpc) is 3.12. The third-order valence-corrected chi connectivity index (χ3v) is 3.92. The summed E-state index contributed by atoms with van der Waals surface area (Å²) >= 11 is 0. The summed E-state index contributed by atoms with van der Waals surface area (Å²) in [7, 11) is 3.53. The summed E-state index contributed by atoms with van der Waals surface area (Å²) in [5.41, 5.74) is 3.38. The molecule has 3 unspecified atom stereocenters. The molecule has 1 aromatic rings. The van der Waals surface area contributed by atoms with Crippen LogP contribution in [-0.4, -0.2) is 25.2 Å². The normalized spacial score (nSPS) is 22.9. The van der Waals surface area contributed by atoms with Crippen molar-refractivity contribution in [3.63, 3.8) is 0 Å². The molecule has 2 rings (SSSR count). The van der Waals surface area contributed by atoms with E-state index in [0.29, 0.717) is 0 Å². The number of carboxylic acid groups (broad SMARTS) is 1. The van der Waals surface area contributed by atoms with Crippen LogP contribution < -0.4 is 10.1 Å². The minimum Gasteiger partial charge on any atom is -0.496 e. The van der Waals surface area contributed by atoms with Crippen molar-refractivity contribution in [2.45, 2.75) is 26.3 Å². The molecule has 1 saturated carbocycles. The molecule has 0 bridgehead atoms. The van der Waals surface area contributed by atoms with Gasteiger partial charge in [0.05, 0.1) is 13.0 Å². The van der Waals surface area contributed by atoms with Crippen molar-refractivity contribution in [3.8, 4) is 5.75 Å². The molecule has 0 aromatic heterocycles. The predicted molar refractivity (Wildman–Crippen MR) is 73.5 cm³/mol. The Bertz CT molecular complexity index is 498. The smallest absolute Gasteiger partial charge is 0.306 e. The number of aryl methyl sites for hydroxylation is 2. The largest absolute Gasteiger partial charge is 0.496 e. The Kier molecular flexibility index (Phi) is 3.80. The molecule has 0 saturated heterocycles. The molecule has 0 spiro atoms. The number of methoxy groups -OCH3 is 1. The van der Waals surface area contributed by atoms with E-state index in [0.717, 1.165) is 28.9 Å². The van der Waals surface area contributed by atoms with Gasteiger partial charge in [0.25, 0.3) is 0 Å². The molecule has 1 aliphatic carbocycles. The molecule has 0 radical (unpaired) electrons. The minimum atomic E-state index is -0.700. The van der Waals surface area contributed by atoms with Crippen LogP contribution in [0.4, 0.5) is 0 Å². The van der Waals surface area contributed by atoms with Gasteiger partial charge >= 0.3 is 5.97 Å². The maximum Gasteiger partial charge on any atom is 0.306 e. The summed E-state index contributed by atoms with van der Waals surface area (Å²) < 4.78 is 5.48. The predicted octanol–water partition coefficient (Wildman–Crippen LogP) is 2.29. The zero-order chi connectivity index (χ0) is 14.2. The van der Waals surface area contributed by atoms with Gasteiger partial charge in [-0.05, 0) is 50.4 Å². The van der Waals surface area contributed by atoms with Gasteiger partial charge < -0.3 is 15.2 Å². The molecule has 1 aromatic carbocycles. The van der Waals surface area contributed by atoms with E-state index < -0.39 is 5.97 Å². The van der Waals surface area contributed by atoms with Crippen LogP contribution in [0, 0.1) is 25.7 Å². The van der Waals surface area contributed by atoms with Gasteiger partial charge in [0.2, 0.25) is 0 Å². The second-order valence-corrected chi connectivity index (χ2v) is 5.31. The Hall–Kier alpha value is -1.55. The number of aliphatic carboxylic acids is 1. The highest BCUT2D eigenvalue weighted by atomic mass is 16.5. The third-order valence-electron chi connectivity index (χ3n) is 3.92.